The van der Waals surface area contributed by atoms with E-state index in [1.807, 2.05) is 6.07 Å². The molecule has 1 aliphatic heterocycles. The Labute approximate surface area is 101 Å². The molecule has 2 nitrogen and oxygen atoms in total. The van der Waals surface area contributed by atoms with Gasteiger partial charge in [-0.05, 0) is 29.9 Å². The van der Waals surface area contributed by atoms with Gasteiger partial charge in [-0.15, -0.1) is 0 Å². The molecule has 2 aromatic carbocycles. The Morgan fingerprint density at radius 1 is 1.12 bits per heavy atom. The molecule has 1 aliphatic rings. The van der Waals surface area contributed by atoms with E-state index in [4.69, 9.17) is 9.47 Å². The van der Waals surface area contributed by atoms with E-state index in [9.17, 15) is 0 Å². The monoisotopic (exact) mass is 228 g/mol. The van der Waals surface area contributed by atoms with Crippen molar-refractivity contribution in [1.29, 1.82) is 0 Å². The van der Waals surface area contributed by atoms with Gasteiger partial charge in [0.15, 0.2) is 11.5 Å². The minimum absolute atomic E-state index is 0.339. The molecule has 0 fully saturated rings. The first-order chi connectivity index (χ1) is 8.38. The van der Waals surface area contributed by atoms with Crippen LogP contribution in [0.15, 0.2) is 30.3 Å². The lowest BCUT2D eigenvalue weighted by molar-refractivity contribution is 0.175. The molecule has 0 saturated heterocycles. The summed E-state index contributed by atoms with van der Waals surface area (Å²) in [5.41, 5.74) is 1.40. The molecule has 2 heteroatoms. The molecular weight excluding hydrogens is 212 g/mol. The first-order valence-corrected chi connectivity index (χ1v) is 6.19. The maximum Gasteiger partial charge on any atom is 0.231 e. The number of fused-ring (bicyclic) bond motifs is 3. The van der Waals surface area contributed by atoms with Gasteiger partial charge in [0.2, 0.25) is 6.79 Å². The van der Waals surface area contributed by atoms with Crippen LogP contribution in [0.3, 0.4) is 0 Å². The van der Waals surface area contributed by atoms with Crippen LogP contribution < -0.4 is 9.47 Å². The van der Waals surface area contributed by atoms with Crippen LogP contribution in [0.4, 0.5) is 0 Å². The lowest BCUT2D eigenvalue weighted by Crippen LogP contribution is -1.93. The normalized spacial score (nSPS) is 13.2. The minimum atomic E-state index is 0.339. The Hall–Kier alpha value is -1.70. The highest BCUT2D eigenvalue weighted by Gasteiger charge is 2.16. The van der Waals surface area contributed by atoms with E-state index in [1.165, 1.54) is 23.8 Å². The highest BCUT2D eigenvalue weighted by molar-refractivity contribution is 5.91. The Bertz CT molecular complexity index is 546. The van der Waals surface area contributed by atoms with Gasteiger partial charge in [-0.1, -0.05) is 37.6 Å². The van der Waals surface area contributed by atoms with Crippen LogP contribution in [0.25, 0.3) is 10.8 Å². The lowest BCUT2D eigenvalue weighted by atomic mass is 10.0. The van der Waals surface area contributed by atoms with E-state index in [0.717, 1.165) is 23.3 Å². The highest BCUT2D eigenvalue weighted by atomic mass is 16.7. The molecule has 0 saturated carbocycles. The Kier molecular flexibility index (Phi) is 2.63. The van der Waals surface area contributed by atoms with Gasteiger partial charge in [0, 0.05) is 5.39 Å². The van der Waals surface area contributed by atoms with E-state index in [0.29, 0.717) is 6.79 Å². The van der Waals surface area contributed by atoms with Crippen molar-refractivity contribution in [3.8, 4) is 11.5 Å². The summed E-state index contributed by atoms with van der Waals surface area (Å²) in [4.78, 5) is 0. The molecule has 88 valence electrons. The third-order valence-electron chi connectivity index (χ3n) is 3.24. The van der Waals surface area contributed by atoms with Crippen LogP contribution in [-0.2, 0) is 6.42 Å². The van der Waals surface area contributed by atoms with E-state index in [2.05, 4.69) is 31.2 Å². The summed E-state index contributed by atoms with van der Waals surface area (Å²) >= 11 is 0. The van der Waals surface area contributed by atoms with Gasteiger partial charge >= 0.3 is 0 Å². The second-order valence-electron chi connectivity index (χ2n) is 4.46. The predicted molar refractivity (Wildman–Crippen MR) is 68.7 cm³/mol. The highest BCUT2D eigenvalue weighted by Crippen LogP contribution is 2.39. The van der Waals surface area contributed by atoms with Crippen molar-refractivity contribution in [3.63, 3.8) is 0 Å². The second-order valence-corrected chi connectivity index (χ2v) is 4.46. The van der Waals surface area contributed by atoms with Gasteiger partial charge in [0.1, 0.15) is 0 Å². The molecule has 0 amide bonds. The number of ether oxygens (including phenoxy) is 2. The number of aryl methyl sites for hydroxylation is 1. The molecule has 3 rings (SSSR count). The third kappa shape index (κ3) is 1.84. The average molecular weight is 228 g/mol. The van der Waals surface area contributed by atoms with Crippen molar-refractivity contribution < 1.29 is 9.47 Å². The van der Waals surface area contributed by atoms with Crippen molar-refractivity contribution in [1.82, 2.24) is 0 Å². The number of unbranched alkanes of at least 4 members (excludes halogenated alkanes) is 1. The summed E-state index contributed by atoms with van der Waals surface area (Å²) in [6.45, 7) is 2.56. The fourth-order valence-electron chi connectivity index (χ4n) is 2.28. The number of hydrogen-bond acceptors (Lipinski definition) is 2. The smallest absolute Gasteiger partial charge is 0.231 e. The number of hydrogen-bond donors (Lipinski definition) is 0. The zero-order valence-corrected chi connectivity index (χ0v) is 10.0. The van der Waals surface area contributed by atoms with E-state index in [1.54, 1.807) is 0 Å². The van der Waals surface area contributed by atoms with Crippen LogP contribution in [0.5, 0.6) is 11.5 Å². The van der Waals surface area contributed by atoms with E-state index in [-0.39, 0.29) is 0 Å². The summed E-state index contributed by atoms with van der Waals surface area (Å²) in [7, 11) is 0. The summed E-state index contributed by atoms with van der Waals surface area (Å²) in [5.74, 6) is 1.75. The molecule has 2 aromatic rings. The van der Waals surface area contributed by atoms with Crippen LogP contribution in [0.2, 0.25) is 0 Å². The van der Waals surface area contributed by atoms with Crippen molar-refractivity contribution in [2.24, 2.45) is 0 Å². The fourth-order valence-corrected chi connectivity index (χ4v) is 2.28. The predicted octanol–water partition coefficient (Wildman–Crippen LogP) is 3.91. The molecule has 1 heterocycles. The summed E-state index contributed by atoms with van der Waals surface area (Å²) in [5, 5.41) is 2.39. The standard InChI is InChI=1S/C15H16O2/c1-2-3-4-11-5-7-13-12(9-11)6-8-14-15(13)17-10-16-14/h5-9H,2-4,10H2,1H3. The molecule has 0 atom stereocenters. The lowest BCUT2D eigenvalue weighted by Gasteiger charge is -2.05. The summed E-state index contributed by atoms with van der Waals surface area (Å²) < 4.78 is 10.9. The molecule has 0 N–H and O–H groups in total. The molecule has 0 bridgehead atoms. The SMILES string of the molecule is CCCCc1ccc2c3c(ccc2c1)OCO3. The van der Waals surface area contributed by atoms with Crippen molar-refractivity contribution in [2.75, 3.05) is 6.79 Å². The maximum atomic E-state index is 5.51. The summed E-state index contributed by atoms with van der Waals surface area (Å²) in [6.07, 6.45) is 3.64. The second kappa shape index (κ2) is 4.28. The van der Waals surface area contributed by atoms with Crippen LogP contribution in [-0.4, -0.2) is 6.79 Å². The molecule has 0 unspecified atom stereocenters. The van der Waals surface area contributed by atoms with Crippen molar-refractivity contribution in [3.05, 3.63) is 35.9 Å². The Balaban J connectivity index is 2.03. The van der Waals surface area contributed by atoms with Crippen molar-refractivity contribution in [2.45, 2.75) is 26.2 Å². The number of rotatable bonds is 3. The Morgan fingerprint density at radius 3 is 2.94 bits per heavy atom. The van der Waals surface area contributed by atoms with Crippen LogP contribution >= 0.6 is 0 Å². The molecule has 17 heavy (non-hydrogen) atoms. The average Bonchev–Trinajstić information content (AvgIpc) is 2.84. The maximum absolute atomic E-state index is 5.51. The molecule has 0 radical (unpaired) electrons. The first-order valence-electron chi connectivity index (χ1n) is 6.19. The summed E-state index contributed by atoms with van der Waals surface area (Å²) in [6, 6.07) is 10.7. The molecular formula is C15H16O2. The quantitative estimate of drug-likeness (QED) is 0.793. The first kappa shape index (κ1) is 10.5. The molecule has 0 aliphatic carbocycles. The van der Waals surface area contributed by atoms with Gasteiger partial charge < -0.3 is 9.47 Å². The van der Waals surface area contributed by atoms with E-state index >= 15 is 0 Å². The third-order valence-corrected chi connectivity index (χ3v) is 3.24. The van der Waals surface area contributed by atoms with Gasteiger partial charge in [0.25, 0.3) is 0 Å². The molecule has 0 spiro atoms. The number of benzene rings is 2. The van der Waals surface area contributed by atoms with Gasteiger partial charge in [-0.25, -0.2) is 0 Å². The zero-order valence-electron chi connectivity index (χ0n) is 10.0. The van der Waals surface area contributed by atoms with E-state index < -0.39 is 0 Å². The fraction of sp³-hybridized carbons (Fsp3) is 0.333. The van der Waals surface area contributed by atoms with Crippen molar-refractivity contribution >= 4 is 10.8 Å². The van der Waals surface area contributed by atoms with Gasteiger partial charge in [-0.2, -0.15) is 0 Å². The topological polar surface area (TPSA) is 18.5 Å². The van der Waals surface area contributed by atoms with Crippen LogP contribution in [0.1, 0.15) is 25.3 Å². The largest absolute Gasteiger partial charge is 0.454 e. The molecule has 0 aromatic heterocycles. The van der Waals surface area contributed by atoms with Gasteiger partial charge in [0.05, 0.1) is 0 Å². The minimum Gasteiger partial charge on any atom is -0.454 e. The zero-order chi connectivity index (χ0) is 11.7. The van der Waals surface area contributed by atoms with Crippen LogP contribution in [0, 0.1) is 0 Å². The Morgan fingerprint density at radius 2 is 2.06 bits per heavy atom. The van der Waals surface area contributed by atoms with Gasteiger partial charge in [-0.3, -0.25) is 0 Å².